The second-order valence-electron chi connectivity index (χ2n) is 5.11. The highest BCUT2D eigenvalue weighted by Crippen LogP contribution is 2.34. The molecule has 0 radical (unpaired) electrons. The minimum absolute atomic E-state index is 0.482. The van der Waals surface area contributed by atoms with E-state index in [9.17, 15) is 5.11 Å². The summed E-state index contributed by atoms with van der Waals surface area (Å²) in [6.07, 6.45) is 6.85. The van der Waals surface area contributed by atoms with E-state index in [-0.39, 0.29) is 0 Å². The van der Waals surface area contributed by atoms with E-state index in [1.54, 1.807) is 0 Å². The smallest absolute Gasteiger partial charge is 0.120 e. The molecule has 0 amide bonds. The fraction of sp³-hybridized carbons (Fsp3) is 0.571. The van der Waals surface area contributed by atoms with Crippen molar-refractivity contribution in [3.63, 3.8) is 0 Å². The van der Waals surface area contributed by atoms with Gasteiger partial charge in [-0.1, -0.05) is 31.4 Å². The minimum Gasteiger partial charge on any atom is -0.508 e. The Kier molecular flexibility index (Phi) is 2.60. The van der Waals surface area contributed by atoms with Gasteiger partial charge in [0.05, 0.1) is 0 Å². The van der Waals surface area contributed by atoms with Gasteiger partial charge in [0.25, 0.3) is 0 Å². The number of aromatic hydroxyl groups is 1. The molecule has 1 aromatic carbocycles. The Labute approximate surface area is 96.9 Å². The number of hydrogen-bond acceptors (Lipinski definition) is 2. The van der Waals surface area contributed by atoms with E-state index in [0.717, 1.165) is 24.7 Å². The lowest BCUT2D eigenvalue weighted by Gasteiger charge is -2.30. The molecule has 2 aliphatic rings. The molecule has 3 rings (SSSR count). The van der Waals surface area contributed by atoms with Crippen LogP contribution in [0, 0.1) is 0 Å². The summed E-state index contributed by atoms with van der Waals surface area (Å²) in [4.78, 5) is 2.55. The molecule has 0 saturated heterocycles. The van der Waals surface area contributed by atoms with Gasteiger partial charge < -0.3 is 5.11 Å². The molecule has 1 aliphatic heterocycles. The van der Waals surface area contributed by atoms with Crippen LogP contribution in [0.15, 0.2) is 18.2 Å². The number of nitrogens with zero attached hydrogens (tertiary/aromatic N) is 1. The molecule has 0 spiro atoms. The average Bonchev–Trinajstić information content (AvgIpc) is 2.76. The van der Waals surface area contributed by atoms with Gasteiger partial charge in [0.15, 0.2) is 0 Å². The molecule has 1 saturated carbocycles. The molecule has 0 unspecified atom stereocenters. The minimum atomic E-state index is 0.482. The number of rotatable bonds is 1. The summed E-state index contributed by atoms with van der Waals surface area (Å²) < 4.78 is 0. The third-order valence-corrected chi connectivity index (χ3v) is 4.07. The Balaban J connectivity index is 1.77. The summed E-state index contributed by atoms with van der Waals surface area (Å²) in [5.41, 5.74) is 2.48. The topological polar surface area (TPSA) is 23.5 Å². The predicted molar refractivity (Wildman–Crippen MR) is 64.2 cm³/mol. The van der Waals surface area contributed by atoms with Crippen molar-refractivity contribution < 1.29 is 5.11 Å². The Hall–Kier alpha value is -1.02. The summed E-state index contributed by atoms with van der Waals surface area (Å²) in [7, 11) is 0. The van der Waals surface area contributed by atoms with Crippen LogP contribution >= 0.6 is 0 Å². The van der Waals surface area contributed by atoms with Gasteiger partial charge in [0, 0.05) is 24.7 Å². The van der Waals surface area contributed by atoms with Crippen molar-refractivity contribution in [1.29, 1.82) is 0 Å². The van der Waals surface area contributed by atoms with E-state index < -0.39 is 0 Å². The van der Waals surface area contributed by atoms with Gasteiger partial charge in [-0.25, -0.2) is 0 Å². The molecule has 0 aromatic heterocycles. The summed E-state index contributed by atoms with van der Waals surface area (Å²) in [6, 6.07) is 6.67. The molecule has 16 heavy (non-hydrogen) atoms. The lowest BCUT2D eigenvalue weighted by Crippen LogP contribution is -2.32. The van der Waals surface area contributed by atoms with Crippen molar-refractivity contribution in [2.75, 3.05) is 0 Å². The largest absolute Gasteiger partial charge is 0.508 e. The maximum atomic E-state index is 9.82. The second-order valence-corrected chi connectivity index (χ2v) is 5.11. The molecule has 2 nitrogen and oxygen atoms in total. The number of benzene rings is 1. The lowest BCUT2D eigenvalue weighted by atomic mass is 9.94. The van der Waals surface area contributed by atoms with Crippen molar-refractivity contribution in [3.05, 3.63) is 29.3 Å². The van der Waals surface area contributed by atoms with Crippen molar-refractivity contribution >= 4 is 0 Å². The molecule has 86 valence electrons. The molecular weight excluding hydrogens is 198 g/mol. The van der Waals surface area contributed by atoms with Gasteiger partial charge in [-0.2, -0.15) is 0 Å². The Morgan fingerprint density at radius 3 is 2.62 bits per heavy atom. The van der Waals surface area contributed by atoms with Gasteiger partial charge in [-0.15, -0.1) is 0 Å². The highest BCUT2D eigenvalue weighted by Gasteiger charge is 2.28. The fourth-order valence-electron chi connectivity index (χ4n) is 3.13. The highest BCUT2D eigenvalue weighted by atomic mass is 16.3. The first-order chi connectivity index (χ1) is 7.84. The van der Waals surface area contributed by atoms with Crippen molar-refractivity contribution in [2.24, 2.45) is 0 Å². The van der Waals surface area contributed by atoms with Crippen LogP contribution < -0.4 is 0 Å². The third-order valence-electron chi connectivity index (χ3n) is 4.07. The zero-order valence-corrected chi connectivity index (χ0v) is 9.65. The molecule has 1 aromatic rings. The first kappa shape index (κ1) is 10.2. The predicted octanol–water partition coefficient (Wildman–Crippen LogP) is 3.04. The Morgan fingerprint density at radius 2 is 1.88 bits per heavy atom. The van der Waals surface area contributed by atoms with Gasteiger partial charge in [-0.05, 0) is 24.5 Å². The van der Waals surface area contributed by atoms with Crippen LogP contribution in [0.2, 0.25) is 0 Å². The van der Waals surface area contributed by atoms with E-state index >= 15 is 0 Å². The van der Waals surface area contributed by atoms with Crippen molar-refractivity contribution in [3.8, 4) is 5.75 Å². The first-order valence-corrected chi connectivity index (χ1v) is 6.38. The van der Waals surface area contributed by atoms with E-state index in [0.29, 0.717) is 5.75 Å². The molecular formula is C14H19NO. The maximum Gasteiger partial charge on any atom is 0.120 e. The third kappa shape index (κ3) is 1.71. The van der Waals surface area contributed by atoms with E-state index in [4.69, 9.17) is 0 Å². The Morgan fingerprint density at radius 1 is 1.06 bits per heavy atom. The van der Waals surface area contributed by atoms with Crippen molar-refractivity contribution in [1.82, 2.24) is 4.90 Å². The van der Waals surface area contributed by atoms with E-state index in [1.807, 2.05) is 12.1 Å². The van der Waals surface area contributed by atoms with Gasteiger partial charge >= 0.3 is 0 Å². The van der Waals surface area contributed by atoms with E-state index in [2.05, 4.69) is 11.0 Å². The average molecular weight is 217 g/mol. The van der Waals surface area contributed by atoms with Crippen LogP contribution in [-0.2, 0) is 13.1 Å². The number of phenols is 1. The van der Waals surface area contributed by atoms with Gasteiger partial charge in [-0.3, -0.25) is 4.90 Å². The first-order valence-electron chi connectivity index (χ1n) is 6.38. The molecule has 1 N–H and O–H groups in total. The summed E-state index contributed by atoms with van der Waals surface area (Å²) in [5.74, 6) is 0.482. The molecule has 1 fully saturated rings. The summed E-state index contributed by atoms with van der Waals surface area (Å²) in [6.45, 7) is 1.99. The number of fused-ring (bicyclic) bond motifs is 1. The maximum absolute atomic E-state index is 9.82. The van der Waals surface area contributed by atoms with Crippen LogP contribution in [0.3, 0.4) is 0 Å². The standard InChI is InChI=1S/C14H19NO/c16-14-8-4-5-11-9-15(10-13(11)14)12-6-2-1-3-7-12/h4-5,8,12,16H,1-3,6-7,9-10H2. The molecule has 1 aliphatic carbocycles. The molecule has 0 atom stereocenters. The number of hydrogen-bond donors (Lipinski definition) is 1. The summed E-state index contributed by atoms with van der Waals surface area (Å²) >= 11 is 0. The SMILES string of the molecule is Oc1cccc2c1CN(C1CCCCC1)C2. The van der Waals surface area contributed by atoms with E-state index in [1.165, 1.54) is 37.7 Å². The molecule has 1 heterocycles. The fourth-order valence-corrected chi connectivity index (χ4v) is 3.13. The quantitative estimate of drug-likeness (QED) is 0.781. The normalized spacial score (nSPS) is 22.2. The van der Waals surface area contributed by atoms with Crippen molar-refractivity contribution in [2.45, 2.75) is 51.2 Å². The lowest BCUT2D eigenvalue weighted by molar-refractivity contribution is 0.156. The van der Waals surface area contributed by atoms with Crippen LogP contribution in [0.1, 0.15) is 43.2 Å². The van der Waals surface area contributed by atoms with Crippen LogP contribution in [0.5, 0.6) is 5.75 Å². The van der Waals surface area contributed by atoms with Gasteiger partial charge in [0.1, 0.15) is 5.75 Å². The van der Waals surface area contributed by atoms with Crippen LogP contribution in [0.4, 0.5) is 0 Å². The zero-order valence-electron chi connectivity index (χ0n) is 9.65. The zero-order chi connectivity index (χ0) is 11.0. The summed E-state index contributed by atoms with van der Waals surface area (Å²) in [5, 5.41) is 9.82. The molecule has 2 heteroatoms. The van der Waals surface area contributed by atoms with Crippen LogP contribution in [-0.4, -0.2) is 16.0 Å². The number of phenolic OH excluding ortho intramolecular Hbond substituents is 1. The second kappa shape index (κ2) is 4.10. The monoisotopic (exact) mass is 217 g/mol. The van der Waals surface area contributed by atoms with Gasteiger partial charge in [0.2, 0.25) is 0 Å². The molecule has 0 bridgehead atoms. The Bertz CT molecular complexity index is 382. The highest BCUT2D eigenvalue weighted by molar-refractivity contribution is 5.41. The van der Waals surface area contributed by atoms with Crippen LogP contribution in [0.25, 0.3) is 0 Å².